The van der Waals surface area contributed by atoms with Gasteiger partial charge in [-0.25, -0.2) is 0 Å². The molecule has 98 valence electrons. The quantitative estimate of drug-likeness (QED) is 0.810. The summed E-state index contributed by atoms with van der Waals surface area (Å²) in [6, 6.07) is 6.27. The second-order valence-corrected chi connectivity index (χ2v) is 5.23. The third kappa shape index (κ3) is 2.78. The zero-order chi connectivity index (χ0) is 12.2. The fourth-order valence-corrected chi connectivity index (χ4v) is 2.48. The van der Waals surface area contributed by atoms with Gasteiger partial charge in [-0.05, 0) is 56.0 Å². The first-order valence-electron chi connectivity index (χ1n) is 7.01. The average molecular weight is 247 g/mol. The van der Waals surface area contributed by atoms with Crippen LogP contribution in [-0.2, 0) is 6.42 Å². The Labute approximate surface area is 108 Å². The lowest BCUT2D eigenvalue weighted by Crippen LogP contribution is -2.28. The summed E-state index contributed by atoms with van der Waals surface area (Å²) in [5, 5.41) is 3.54. The lowest BCUT2D eigenvalue weighted by molar-refractivity contribution is 0.171. The number of benzene rings is 1. The number of fused-ring (bicyclic) bond motifs is 1. The topological polar surface area (TPSA) is 30.5 Å². The van der Waals surface area contributed by atoms with Crippen LogP contribution in [0.2, 0.25) is 0 Å². The minimum absolute atomic E-state index is 0.662. The van der Waals surface area contributed by atoms with Gasteiger partial charge < -0.3 is 14.8 Å². The second-order valence-electron chi connectivity index (χ2n) is 5.23. The van der Waals surface area contributed by atoms with Gasteiger partial charge in [-0.1, -0.05) is 12.5 Å². The van der Waals surface area contributed by atoms with Crippen molar-refractivity contribution in [3.05, 3.63) is 23.8 Å². The van der Waals surface area contributed by atoms with E-state index in [0.717, 1.165) is 30.4 Å². The minimum atomic E-state index is 0.662. The van der Waals surface area contributed by atoms with Gasteiger partial charge in [-0.2, -0.15) is 0 Å². The van der Waals surface area contributed by atoms with Gasteiger partial charge in [0, 0.05) is 0 Å². The smallest absolute Gasteiger partial charge is 0.161 e. The standard InChI is InChI=1S/C15H21NO2/c1-2-13(3-1)11-16-7-6-12-4-5-14-15(10-12)18-9-8-17-14/h4-5,10,13,16H,1-3,6-9,11H2. The lowest BCUT2D eigenvalue weighted by atomic mass is 9.85. The van der Waals surface area contributed by atoms with Crippen LogP contribution in [0.15, 0.2) is 18.2 Å². The van der Waals surface area contributed by atoms with Crippen LogP contribution in [0, 0.1) is 5.92 Å². The van der Waals surface area contributed by atoms with Crippen molar-refractivity contribution in [2.45, 2.75) is 25.7 Å². The molecule has 1 heterocycles. The van der Waals surface area contributed by atoms with Gasteiger partial charge in [0.1, 0.15) is 13.2 Å². The van der Waals surface area contributed by atoms with Crippen molar-refractivity contribution < 1.29 is 9.47 Å². The summed E-state index contributed by atoms with van der Waals surface area (Å²) in [5.41, 5.74) is 1.32. The third-order valence-corrected chi connectivity index (χ3v) is 3.85. The minimum Gasteiger partial charge on any atom is -0.486 e. The van der Waals surface area contributed by atoms with E-state index in [2.05, 4.69) is 17.4 Å². The molecule has 0 atom stereocenters. The van der Waals surface area contributed by atoms with E-state index in [4.69, 9.17) is 9.47 Å². The molecule has 18 heavy (non-hydrogen) atoms. The van der Waals surface area contributed by atoms with Gasteiger partial charge in [0.15, 0.2) is 11.5 Å². The fourth-order valence-electron chi connectivity index (χ4n) is 2.48. The maximum Gasteiger partial charge on any atom is 0.161 e. The van der Waals surface area contributed by atoms with Gasteiger partial charge in [0.05, 0.1) is 0 Å². The van der Waals surface area contributed by atoms with Crippen LogP contribution in [0.3, 0.4) is 0 Å². The van der Waals surface area contributed by atoms with E-state index in [-0.39, 0.29) is 0 Å². The number of ether oxygens (including phenoxy) is 2. The van der Waals surface area contributed by atoms with Gasteiger partial charge in [-0.15, -0.1) is 0 Å². The molecule has 2 aliphatic rings. The first-order valence-corrected chi connectivity index (χ1v) is 7.01. The van der Waals surface area contributed by atoms with Gasteiger partial charge >= 0.3 is 0 Å². The van der Waals surface area contributed by atoms with Crippen LogP contribution in [0.5, 0.6) is 11.5 Å². The molecular formula is C15H21NO2. The van der Waals surface area contributed by atoms with E-state index >= 15 is 0 Å². The molecule has 0 unspecified atom stereocenters. The van der Waals surface area contributed by atoms with Crippen molar-refractivity contribution in [1.82, 2.24) is 5.32 Å². The van der Waals surface area contributed by atoms with Crippen LogP contribution in [-0.4, -0.2) is 26.3 Å². The Hall–Kier alpha value is -1.22. The Kier molecular flexibility index (Phi) is 3.69. The second kappa shape index (κ2) is 5.61. The van der Waals surface area contributed by atoms with Crippen molar-refractivity contribution in [3.8, 4) is 11.5 Å². The Balaban J connectivity index is 1.46. The number of rotatable bonds is 5. The van der Waals surface area contributed by atoms with Gasteiger partial charge in [-0.3, -0.25) is 0 Å². The summed E-state index contributed by atoms with van der Waals surface area (Å²) >= 11 is 0. The maximum absolute atomic E-state index is 5.59. The highest BCUT2D eigenvalue weighted by atomic mass is 16.6. The Morgan fingerprint density at radius 2 is 1.94 bits per heavy atom. The average Bonchev–Trinajstić information content (AvgIpc) is 2.36. The predicted molar refractivity (Wildman–Crippen MR) is 71.3 cm³/mol. The zero-order valence-electron chi connectivity index (χ0n) is 10.8. The van der Waals surface area contributed by atoms with Crippen LogP contribution < -0.4 is 14.8 Å². The van der Waals surface area contributed by atoms with Crippen LogP contribution >= 0.6 is 0 Å². The molecule has 3 rings (SSSR count). The summed E-state index contributed by atoms with van der Waals surface area (Å²) < 4.78 is 11.1. The Morgan fingerprint density at radius 3 is 2.72 bits per heavy atom. The summed E-state index contributed by atoms with van der Waals surface area (Å²) in [6.45, 7) is 3.56. The SMILES string of the molecule is c1cc2c(cc1CCNCC1CCC1)OCCO2. The number of nitrogens with one attached hydrogen (secondary N) is 1. The largest absolute Gasteiger partial charge is 0.486 e. The fraction of sp³-hybridized carbons (Fsp3) is 0.600. The van der Waals surface area contributed by atoms with Gasteiger partial charge in [0.25, 0.3) is 0 Å². The summed E-state index contributed by atoms with van der Waals surface area (Å²) in [5.74, 6) is 2.72. The van der Waals surface area contributed by atoms with Crippen LogP contribution in [0.25, 0.3) is 0 Å². The van der Waals surface area contributed by atoms with E-state index in [1.54, 1.807) is 0 Å². The molecule has 1 fully saturated rings. The number of hydrogen-bond donors (Lipinski definition) is 1. The van der Waals surface area contributed by atoms with Gasteiger partial charge in [0.2, 0.25) is 0 Å². The monoisotopic (exact) mass is 247 g/mol. The van der Waals surface area contributed by atoms with E-state index in [1.165, 1.54) is 31.4 Å². The lowest BCUT2D eigenvalue weighted by Gasteiger charge is -2.25. The molecule has 1 N–H and O–H groups in total. The predicted octanol–water partition coefficient (Wildman–Crippen LogP) is 2.39. The van der Waals surface area contributed by atoms with E-state index < -0.39 is 0 Å². The molecule has 3 heteroatoms. The molecule has 0 saturated heterocycles. The van der Waals surface area contributed by atoms with Crippen molar-refractivity contribution >= 4 is 0 Å². The highest BCUT2D eigenvalue weighted by Crippen LogP contribution is 2.30. The molecule has 0 spiro atoms. The normalized spacial score (nSPS) is 18.4. The van der Waals surface area contributed by atoms with Crippen molar-refractivity contribution in [3.63, 3.8) is 0 Å². The van der Waals surface area contributed by atoms with Crippen molar-refractivity contribution in [1.29, 1.82) is 0 Å². The molecule has 0 amide bonds. The summed E-state index contributed by atoms with van der Waals surface area (Å²) in [7, 11) is 0. The molecule has 0 aromatic heterocycles. The molecule has 1 saturated carbocycles. The highest BCUT2D eigenvalue weighted by Gasteiger charge is 2.16. The highest BCUT2D eigenvalue weighted by molar-refractivity contribution is 5.43. The molecule has 1 aliphatic carbocycles. The van der Waals surface area contributed by atoms with Crippen molar-refractivity contribution in [2.24, 2.45) is 5.92 Å². The molecule has 1 aliphatic heterocycles. The van der Waals surface area contributed by atoms with Crippen LogP contribution in [0.4, 0.5) is 0 Å². The Morgan fingerprint density at radius 1 is 1.11 bits per heavy atom. The molecule has 0 radical (unpaired) electrons. The summed E-state index contributed by atoms with van der Waals surface area (Å²) in [6.07, 6.45) is 5.31. The molecule has 1 aromatic rings. The zero-order valence-corrected chi connectivity index (χ0v) is 10.8. The molecule has 1 aromatic carbocycles. The number of hydrogen-bond acceptors (Lipinski definition) is 3. The van der Waals surface area contributed by atoms with E-state index in [9.17, 15) is 0 Å². The van der Waals surface area contributed by atoms with E-state index in [1.807, 2.05) is 6.07 Å². The third-order valence-electron chi connectivity index (χ3n) is 3.85. The first-order chi connectivity index (χ1) is 8.92. The molecular weight excluding hydrogens is 226 g/mol. The molecule has 0 bridgehead atoms. The summed E-state index contributed by atoms with van der Waals surface area (Å²) in [4.78, 5) is 0. The maximum atomic E-state index is 5.59. The first kappa shape index (κ1) is 11.8. The van der Waals surface area contributed by atoms with Crippen LogP contribution in [0.1, 0.15) is 24.8 Å². The Bertz CT molecular complexity index is 401. The van der Waals surface area contributed by atoms with E-state index in [0.29, 0.717) is 13.2 Å². The van der Waals surface area contributed by atoms with Crippen molar-refractivity contribution in [2.75, 3.05) is 26.3 Å². The molecule has 3 nitrogen and oxygen atoms in total.